The van der Waals surface area contributed by atoms with Gasteiger partial charge in [-0.1, -0.05) is 0 Å². The fourth-order valence-corrected chi connectivity index (χ4v) is 3.71. The van der Waals surface area contributed by atoms with E-state index in [0.717, 1.165) is 12.3 Å². The molecule has 2 aromatic rings. The summed E-state index contributed by atoms with van der Waals surface area (Å²) in [7, 11) is 0. The Labute approximate surface area is 175 Å². The number of carbonyl (C=O) groups excluding carboxylic acids is 1. The molecule has 1 atom stereocenters. The standard InChI is InChI=1S/C19H18ClF3N6O/c20-10-16-15(23)11-24-18(26-16)27-3-5-28(6-4-27)19(30)29-17(1-2-25-29)12-7-13(21)9-14(22)8-12/h2,7-9,11,17H,1,3-6,10H2/t17-/m0/s1. The Kier molecular flexibility index (Phi) is 5.76. The van der Waals surface area contributed by atoms with Gasteiger partial charge in [0, 0.05) is 44.9 Å². The fraction of sp³-hybridized carbons (Fsp3) is 0.368. The predicted molar refractivity (Wildman–Crippen MR) is 105 cm³/mol. The minimum Gasteiger partial charge on any atom is -0.337 e. The zero-order valence-corrected chi connectivity index (χ0v) is 16.6. The lowest BCUT2D eigenvalue weighted by atomic mass is 10.0. The second kappa shape index (κ2) is 8.47. The van der Waals surface area contributed by atoms with Gasteiger partial charge in [-0.25, -0.2) is 32.9 Å². The summed E-state index contributed by atoms with van der Waals surface area (Å²) in [4.78, 5) is 24.5. The first-order chi connectivity index (χ1) is 14.5. The Hall–Kier alpha value is -2.88. The molecule has 1 aromatic heterocycles. The molecule has 0 aliphatic carbocycles. The number of urea groups is 1. The smallest absolute Gasteiger partial charge is 0.337 e. The summed E-state index contributed by atoms with van der Waals surface area (Å²) >= 11 is 5.70. The Morgan fingerprint density at radius 1 is 1.10 bits per heavy atom. The molecule has 0 spiro atoms. The van der Waals surface area contributed by atoms with Gasteiger partial charge in [0.05, 0.1) is 23.8 Å². The Morgan fingerprint density at radius 3 is 2.47 bits per heavy atom. The molecule has 0 saturated carbocycles. The third kappa shape index (κ3) is 4.04. The molecule has 0 N–H and O–H groups in total. The number of hydrogen-bond acceptors (Lipinski definition) is 5. The molecule has 2 aliphatic heterocycles. The van der Waals surface area contributed by atoms with E-state index in [-0.39, 0.29) is 17.6 Å². The van der Waals surface area contributed by atoms with Crippen molar-refractivity contribution in [1.29, 1.82) is 0 Å². The SMILES string of the molecule is O=C(N1CCN(c2ncc(F)c(CCl)n2)CC1)N1N=CC[C@H]1c1cc(F)cc(F)c1. The van der Waals surface area contributed by atoms with Gasteiger partial charge in [0.25, 0.3) is 0 Å². The maximum Gasteiger partial charge on any atom is 0.341 e. The molecule has 0 bridgehead atoms. The van der Waals surface area contributed by atoms with Crippen molar-refractivity contribution >= 4 is 29.8 Å². The lowest BCUT2D eigenvalue weighted by Crippen LogP contribution is -2.52. The van der Waals surface area contributed by atoms with Crippen molar-refractivity contribution in [2.45, 2.75) is 18.3 Å². The van der Waals surface area contributed by atoms with Crippen molar-refractivity contribution < 1.29 is 18.0 Å². The molecule has 2 amide bonds. The average molecular weight is 439 g/mol. The number of amides is 2. The zero-order chi connectivity index (χ0) is 21.3. The maximum absolute atomic E-state index is 13.6. The normalized spacial score (nSPS) is 18.9. The minimum atomic E-state index is -0.700. The van der Waals surface area contributed by atoms with E-state index in [1.807, 2.05) is 4.90 Å². The largest absolute Gasteiger partial charge is 0.341 e. The van der Waals surface area contributed by atoms with Crippen LogP contribution in [-0.4, -0.2) is 58.3 Å². The highest BCUT2D eigenvalue weighted by atomic mass is 35.5. The van der Waals surface area contributed by atoms with Gasteiger partial charge in [-0.15, -0.1) is 11.6 Å². The van der Waals surface area contributed by atoms with Crippen LogP contribution in [0.15, 0.2) is 29.5 Å². The van der Waals surface area contributed by atoms with Gasteiger partial charge in [-0.2, -0.15) is 5.10 Å². The van der Waals surface area contributed by atoms with Crippen LogP contribution in [0.5, 0.6) is 0 Å². The van der Waals surface area contributed by atoms with Crippen LogP contribution < -0.4 is 4.90 Å². The van der Waals surface area contributed by atoms with E-state index in [2.05, 4.69) is 15.1 Å². The molecule has 7 nitrogen and oxygen atoms in total. The number of anilines is 1. The number of halogens is 4. The van der Waals surface area contributed by atoms with Crippen LogP contribution in [0.3, 0.4) is 0 Å². The van der Waals surface area contributed by atoms with Gasteiger partial charge in [0.2, 0.25) is 5.95 Å². The summed E-state index contributed by atoms with van der Waals surface area (Å²) in [5.41, 5.74) is 0.474. The third-order valence-corrected chi connectivity index (χ3v) is 5.31. The topological polar surface area (TPSA) is 64.9 Å². The van der Waals surface area contributed by atoms with Crippen LogP contribution in [-0.2, 0) is 5.88 Å². The van der Waals surface area contributed by atoms with Gasteiger partial charge in [0.15, 0.2) is 5.82 Å². The Balaban J connectivity index is 1.43. The van der Waals surface area contributed by atoms with Gasteiger partial charge < -0.3 is 9.80 Å². The van der Waals surface area contributed by atoms with E-state index in [9.17, 15) is 18.0 Å². The molecule has 1 fully saturated rings. The van der Waals surface area contributed by atoms with Crippen LogP contribution in [0.2, 0.25) is 0 Å². The van der Waals surface area contributed by atoms with Crippen molar-refractivity contribution in [1.82, 2.24) is 19.9 Å². The third-order valence-electron chi connectivity index (χ3n) is 5.06. The Morgan fingerprint density at radius 2 is 1.80 bits per heavy atom. The second-order valence-electron chi connectivity index (χ2n) is 6.95. The van der Waals surface area contributed by atoms with Crippen molar-refractivity contribution in [2.75, 3.05) is 31.1 Å². The molecule has 0 radical (unpaired) electrons. The van der Waals surface area contributed by atoms with E-state index in [1.54, 1.807) is 11.1 Å². The molecular weight excluding hydrogens is 421 g/mol. The highest BCUT2D eigenvalue weighted by molar-refractivity contribution is 6.16. The number of piperazine rings is 1. The number of hydrogen-bond donors (Lipinski definition) is 0. The number of carbonyl (C=O) groups is 1. The number of hydrazone groups is 1. The molecule has 11 heteroatoms. The van der Waals surface area contributed by atoms with Crippen LogP contribution in [0.1, 0.15) is 23.7 Å². The Bertz CT molecular complexity index is 962. The number of benzene rings is 1. The van der Waals surface area contributed by atoms with E-state index in [0.29, 0.717) is 44.1 Å². The summed E-state index contributed by atoms with van der Waals surface area (Å²) in [6.45, 7) is 1.61. The minimum absolute atomic E-state index is 0.0607. The monoisotopic (exact) mass is 438 g/mol. The predicted octanol–water partition coefficient (Wildman–Crippen LogP) is 3.31. The molecule has 4 rings (SSSR count). The van der Waals surface area contributed by atoms with Gasteiger partial charge in [-0.05, 0) is 17.7 Å². The first-order valence-corrected chi connectivity index (χ1v) is 9.88. The zero-order valence-electron chi connectivity index (χ0n) is 15.8. The van der Waals surface area contributed by atoms with Gasteiger partial charge in [-0.3, -0.25) is 0 Å². The summed E-state index contributed by atoms with van der Waals surface area (Å²) in [5, 5.41) is 5.37. The summed E-state index contributed by atoms with van der Waals surface area (Å²) in [6, 6.07) is 2.30. The molecule has 158 valence electrons. The van der Waals surface area contributed by atoms with Crippen LogP contribution in [0, 0.1) is 17.5 Å². The van der Waals surface area contributed by atoms with E-state index in [1.165, 1.54) is 17.1 Å². The molecule has 2 aliphatic rings. The molecule has 3 heterocycles. The first-order valence-electron chi connectivity index (χ1n) is 9.35. The van der Waals surface area contributed by atoms with Crippen molar-refractivity contribution in [3.05, 3.63) is 53.1 Å². The quantitative estimate of drug-likeness (QED) is 0.690. The molecule has 1 aromatic carbocycles. The summed E-state index contributed by atoms with van der Waals surface area (Å²) < 4.78 is 40.8. The first kappa shape index (κ1) is 20.4. The second-order valence-corrected chi connectivity index (χ2v) is 7.22. The van der Waals surface area contributed by atoms with Gasteiger partial charge in [0.1, 0.15) is 11.6 Å². The fourth-order valence-electron chi connectivity index (χ4n) is 3.52. The summed E-state index contributed by atoms with van der Waals surface area (Å²) in [6.07, 6.45) is 3.01. The average Bonchev–Trinajstić information content (AvgIpc) is 3.23. The van der Waals surface area contributed by atoms with Crippen LogP contribution >= 0.6 is 11.6 Å². The molecule has 0 unspecified atom stereocenters. The van der Waals surface area contributed by atoms with E-state index >= 15 is 0 Å². The molecule has 30 heavy (non-hydrogen) atoms. The highest BCUT2D eigenvalue weighted by Gasteiger charge is 2.33. The molecular formula is C19H18ClF3N6O. The van der Waals surface area contributed by atoms with E-state index in [4.69, 9.17) is 11.6 Å². The van der Waals surface area contributed by atoms with Crippen LogP contribution in [0.25, 0.3) is 0 Å². The maximum atomic E-state index is 13.6. The lowest BCUT2D eigenvalue weighted by Gasteiger charge is -2.37. The van der Waals surface area contributed by atoms with Crippen molar-refractivity contribution in [2.24, 2.45) is 5.10 Å². The van der Waals surface area contributed by atoms with Crippen molar-refractivity contribution in [3.8, 4) is 0 Å². The summed E-state index contributed by atoms with van der Waals surface area (Å²) in [5.74, 6) is -1.67. The highest BCUT2D eigenvalue weighted by Crippen LogP contribution is 2.30. The van der Waals surface area contributed by atoms with Crippen molar-refractivity contribution in [3.63, 3.8) is 0 Å². The number of aromatic nitrogens is 2. The number of alkyl halides is 1. The van der Waals surface area contributed by atoms with Gasteiger partial charge >= 0.3 is 6.03 Å². The lowest BCUT2D eigenvalue weighted by molar-refractivity contribution is 0.139. The number of rotatable bonds is 3. The number of nitrogens with zero attached hydrogens (tertiary/aromatic N) is 6. The van der Waals surface area contributed by atoms with Crippen LogP contribution in [0.4, 0.5) is 23.9 Å². The molecule has 1 saturated heterocycles. The van der Waals surface area contributed by atoms with E-state index < -0.39 is 23.5 Å².